The topological polar surface area (TPSA) is 61.4 Å². The van der Waals surface area contributed by atoms with E-state index in [1.165, 1.54) is 76.1 Å². The molecule has 0 spiro atoms. The summed E-state index contributed by atoms with van der Waals surface area (Å²) >= 11 is 0. The lowest BCUT2D eigenvalue weighted by molar-refractivity contribution is 1.10. The molecule has 0 aliphatic heterocycles. The van der Waals surface area contributed by atoms with Gasteiger partial charge in [0.2, 0.25) is 0 Å². The highest BCUT2D eigenvalue weighted by Crippen LogP contribution is 2.45. The van der Waals surface area contributed by atoms with Crippen LogP contribution in [0.4, 0.5) is 0 Å². The van der Waals surface area contributed by atoms with E-state index >= 15 is 0 Å². The van der Waals surface area contributed by atoms with E-state index in [-0.39, 0.29) is 0 Å². The highest BCUT2D eigenvalue weighted by atomic mass is 15.1. The van der Waals surface area contributed by atoms with Crippen molar-refractivity contribution < 1.29 is 0 Å². The molecule has 512 valence electrons. The Morgan fingerprint density at radius 2 is 0.473 bits per heavy atom. The summed E-state index contributed by atoms with van der Waals surface area (Å²) < 4.78 is 4.52. The predicted molar refractivity (Wildman–Crippen MR) is 461 cm³/mol. The average molecular weight is 1400 g/mol. The third-order valence-electron chi connectivity index (χ3n) is 21.9. The van der Waals surface area contributed by atoms with Crippen molar-refractivity contribution in [3.8, 4) is 101 Å². The van der Waals surface area contributed by atoms with E-state index in [2.05, 4.69) is 403 Å². The van der Waals surface area contributed by atoms with Gasteiger partial charge in [-0.15, -0.1) is 0 Å². The molecular weight excluding hydrogens is 1330 g/mol. The second-order valence-corrected chi connectivity index (χ2v) is 28.4. The molecule has 0 amide bonds. The second-order valence-electron chi connectivity index (χ2n) is 28.4. The maximum Gasteiger partial charge on any atom is 0.145 e. The number of nitrogens with zero attached hydrogens (tertiary/aromatic N) is 6. The quantitative estimate of drug-likeness (QED) is 0.128. The van der Waals surface area contributed by atoms with Gasteiger partial charge in [-0.2, -0.15) is 0 Å². The summed E-state index contributed by atoms with van der Waals surface area (Å²) in [6, 6.07) is 143. The molecule has 0 aliphatic carbocycles. The van der Waals surface area contributed by atoms with Crippen molar-refractivity contribution in [1.82, 2.24) is 29.1 Å². The Kier molecular flexibility index (Phi) is 15.5. The number of hydrogen-bond donors (Lipinski definition) is 0. The van der Waals surface area contributed by atoms with E-state index in [0.29, 0.717) is 0 Å². The Morgan fingerprint density at radius 1 is 0.173 bits per heavy atom. The molecule has 4 aromatic heterocycles. The van der Waals surface area contributed by atoms with Crippen molar-refractivity contribution in [2.45, 2.75) is 0 Å². The molecular formula is C104H66N6. The minimum absolute atomic E-state index is 0.917. The van der Waals surface area contributed by atoms with Gasteiger partial charge in [-0.05, 0) is 195 Å². The predicted octanol–water partition coefficient (Wildman–Crippen LogP) is 27.4. The van der Waals surface area contributed by atoms with Crippen molar-refractivity contribution in [2.75, 3.05) is 0 Å². The summed E-state index contributed by atoms with van der Waals surface area (Å²) in [6.45, 7) is 0. The van der Waals surface area contributed by atoms with Gasteiger partial charge in [0.1, 0.15) is 11.6 Å². The molecule has 0 saturated carbocycles. The molecule has 0 radical (unpaired) electrons. The molecule has 4 heterocycles. The molecule has 6 nitrogen and oxygen atoms in total. The molecule has 0 unspecified atom stereocenters. The zero-order chi connectivity index (χ0) is 72.6. The Hall–Kier alpha value is -14.7. The highest BCUT2D eigenvalue weighted by Gasteiger charge is 2.22. The first-order valence-electron chi connectivity index (χ1n) is 37.5. The highest BCUT2D eigenvalue weighted by molar-refractivity contribution is 6.18. The van der Waals surface area contributed by atoms with E-state index in [1.807, 2.05) is 6.07 Å². The second kappa shape index (κ2) is 26.7. The van der Waals surface area contributed by atoms with Crippen LogP contribution >= 0.6 is 0 Å². The van der Waals surface area contributed by atoms with Gasteiger partial charge >= 0.3 is 0 Å². The van der Waals surface area contributed by atoms with Crippen LogP contribution in [0.5, 0.6) is 0 Å². The van der Waals surface area contributed by atoms with E-state index in [4.69, 9.17) is 19.9 Å². The lowest BCUT2D eigenvalue weighted by atomic mass is 9.90. The van der Waals surface area contributed by atoms with Crippen LogP contribution < -0.4 is 0 Å². The fourth-order valence-electron chi connectivity index (χ4n) is 16.5. The molecule has 0 saturated heterocycles. The first kappa shape index (κ1) is 63.7. The average Bonchev–Trinajstić information content (AvgIpc) is 1.03. The molecule has 22 rings (SSSR count). The van der Waals surface area contributed by atoms with Crippen LogP contribution in [-0.4, -0.2) is 29.1 Å². The number of para-hydroxylation sites is 5. The van der Waals surface area contributed by atoms with Crippen molar-refractivity contribution in [3.63, 3.8) is 0 Å². The van der Waals surface area contributed by atoms with E-state index in [9.17, 15) is 0 Å². The first-order valence-corrected chi connectivity index (χ1v) is 37.5. The molecule has 110 heavy (non-hydrogen) atoms. The summed E-state index contributed by atoms with van der Waals surface area (Å²) in [4.78, 5) is 21.2. The van der Waals surface area contributed by atoms with Crippen LogP contribution in [0, 0.1) is 0 Å². The van der Waals surface area contributed by atoms with Gasteiger partial charge in [0.15, 0.2) is 0 Å². The number of fused-ring (bicyclic) bond motifs is 12. The lowest BCUT2D eigenvalue weighted by Crippen LogP contribution is -1.98. The standard InChI is InChI=1S/2C52H33N3/c1-2-16-42(17-3-1)55-50-21-11-10-20-48(50)54-52(55)37-26-24-36(25-27-37)46-33-49(41-29-23-35-13-5-7-15-39(35)31-41)53-51-44-19-9-8-18-43(44)45(32-47(46)51)40-28-22-34-12-4-6-14-38(34)30-40;1-2-14-37(15-3-1)52-54-48-20-10-11-21-50(48)55(52)42-28-26-36(27-29-42)46-33-49(41-25-23-35-13-5-7-17-39(35)31-41)53-51-44-19-9-8-18-43(44)45(32-47(46)51)40-24-22-34-12-4-6-16-38(34)30-40/h2*1-33H. The number of pyridine rings is 2. The summed E-state index contributed by atoms with van der Waals surface area (Å²) in [5.74, 6) is 1.84. The number of hydrogen-bond acceptors (Lipinski definition) is 4. The van der Waals surface area contributed by atoms with Crippen molar-refractivity contribution in [2.24, 2.45) is 0 Å². The number of imidazole rings is 2. The van der Waals surface area contributed by atoms with Crippen LogP contribution in [0.25, 0.3) is 210 Å². The Morgan fingerprint density at radius 3 is 0.909 bits per heavy atom. The molecule has 6 heteroatoms. The lowest BCUT2D eigenvalue weighted by Gasteiger charge is -2.17. The number of rotatable bonds is 10. The Balaban J connectivity index is 0.000000140. The molecule has 0 N–H and O–H groups in total. The molecule has 18 aromatic carbocycles. The van der Waals surface area contributed by atoms with E-state index < -0.39 is 0 Å². The largest absolute Gasteiger partial charge is 0.292 e. The van der Waals surface area contributed by atoms with Crippen LogP contribution in [0.15, 0.2) is 400 Å². The van der Waals surface area contributed by atoms with Gasteiger partial charge in [-0.3, -0.25) is 9.13 Å². The Labute approximate surface area is 635 Å². The minimum atomic E-state index is 0.917. The Bertz CT molecular complexity index is 7380. The third-order valence-corrected chi connectivity index (χ3v) is 21.9. The van der Waals surface area contributed by atoms with Crippen LogP contribution in [0.3, 0.4) is 0 Å². The smallest absolute Gasteiger partial charge is 0.145 e. The van der Waals surface area contributed by atoms with Crippen LogP contribution in [0.1, 0.15) is 0 Å². The van der Waals surface area contributed by atoms with E-state index in [0.717, 1.165) is 134 Å². The normalized spacial score (nSPS) is 11.6. The van der Waals surface area contributed by atoms with E-state index in [1.54, 1.807) is 0 Å². The fourth-order valence-corrected chi connectivity index (χ4v) is 16.5. The molecule has 0 fully saturated rings. The zero-order valence-electron chi connectivity index (χ0n) is 59.8. The van der Waals surface area contributed by atoms with Gasteiger partial charge in [0.25, 0.3) is 0 Å². The van der Waals surface area contributed by atoms with Gasteiger partial charge in [-0.25, -0.2) is 19.9 Å². The monoisotopic (exact) mass is 1400 g/mol. The van der Waals surface area contributed by atoms with Gasteiger partial charge in [0, 0.05) is 55.2 Å². The van der Waals surface area contributed by atoms with Crippen molar-refractivity contribution in [3.05, 3.63) is 400 Å². The minimum Gasteiger partial charge on any atom is -0.292 e. The fraction of sp³-hybridized carbons (Fsp3) is 0. The van der Waals surface area contributed by atoms with Crippen LogP contribution in [0.2, 0.25) is 0 Å². The maximum atomic E-state index is 5.48. The zero-order valence-corrected chi connectivity index (χ0v) is 59.8. The first-order chi connectivity index (χ1) is 54.5. The summed E-state index contributed by atoms with van der Waals surface area (Å²) in [5.41, 5.74) is 23.8. The summed E-state index contributed by atoms with van der Waals surface area (Å²) in [5, 5.41) is 16.7. The molecule has 0 bridgehead atoms. The maximum absolute atomic E-state index is 5.48. The van der Waals surface area contributed by atoms with Crippen LogP contribution in [-0.2, 0) is 0 Å². The number of benzene rings is 18. The molecule has 22 aromatic rings. The summed E-state index contributed by atoms with van der Waals surface area (Å²) in [6.07, 6.45) is 0. The van der Waals surface area contributed by atoms with Crippen molar-refractivity contribution >= 4 is 109 Å². The summed E-state index contributed by atoms with van der Waals surface area (Å²) in [7, 11) is 0. The molecule has 0 aliphatic rings. The number of aromatic nitrogens is 6. The van der Waals surface area contributed by atoms with Gasteiger partial charge < -0.3 is 0 Å². The third kappa shape index (κ3) is 11.3. The van der Waals surface area contributed by atoms with Gasteiger partial charge in [0.05, 0.1) is 44.5 Å². The SMILES string of the molecule is c1ccc(-c2nc3ccccc3n2-c2ccc(-c3cc(-c4ccc5ccccc5c4)nc4c3cc(-c3ccc5ccccc5c3)c3ccccc34)cc2)cc1.c1ccc(-n2c(-c3ccc(-c4cc(-c5ccc6ccccc6c5)nc5c4cc(-c4ccc6ccccc6c4)c4ccccc45)cc3)nc3ccccc32)cc1. The molecule has 0 atom stereocenters. The van der Waals surface area contributed by atoms with Crippen molar-refractivity contribution in [1.29, 1.82) is 0 Å². The van der Waals surface area contributed by atoms with Gasteiger partial charge in [-0.1, -0.05) is 303 Å².